The molecule has 0 saturated heterocycles. The van der Waals surface area contributed by atoms with E-state index in [9.17, 15) is 13.2 Å². The minimum Gasteiger partial charge on any atom is -0.453 e. The summed E-state index contributed by atoms with van der Waals surface area (Å²) < 4.78 is 29.0. The van der Waals surface area contributed by atoms with Crippen molar-refractivity contribution < 1.29 is 17.6 Å². The van der Waals surface area contributed by atoms with Gasteiger partial charge in [-0.15, -0.1) is 0 Å². The molecule has 20 heavy (non-hydrogen) atoms. The Balaban J connectivity index is 2.26. The molecule has 0 aliphatic rings. The van der Waals surface area contributed by atoms with E-state index in [1.807, 2.05) is 6.07 Å². The number of furan rings is 1. The summed E-state index contributed by atoms with van der Waals surface area (Å²) in [4.78, 5) is 10.7. The number of aldehydes is 1. The monoisotopic (exact) mass is 289 g/mol. The molecular formula is C14H11NO4S. The molecule has 1 aromatic carbocycles. The van der Waals surface area contributed by atoms with Crippen LogP contribution in [-0.2, 0) is 9.84 Å². The van der Waals surface area contributed by atoms with E-state index in [1.165, 1.54) is 12.1 Å². The largest absolute Gasteiger partial charge is 0.453 e. The number of carbonyl (C=O) groups excluding carboxylic acids is 1. The summed E-state index contributed by atoms with van der Waals surface area (Å²) in [5.74, 6) is 0.512. The maximum atomic E-state index is 11.9. The molecule has 1 aromatic heterocycles. The molecule has 0 aliphatic heterocycles. The van der Waals surface area contributed by atoms with Gasteiger partial charge in [-0.25, -0.2) is 8.42 Å². The van der Waals surface area contributed by atoms with E-state index < -0.39 is 9.84 Å². The summed E-state index contributed by atoms with van der Waals surface area (Å²) in [5, 5.41) is 8.44. The van der Waals surface area contributed by atoms with Crippen LogP contribution in [0.25, 0.3) is 11.3 Å². The third-order valence-corrected chi connectivity index (χ3v) is 4.46. The van der Waals surface area contributed by atoms with Gasteiger partial charge in [0.05, 0.1) is 16.7 Å². The summed E-state index contributed by atoms with van der Waals surface area (Å²) in [6.45, 7) is 0. The summed E-state index contributed by atoms with van der Waals surface area (Å²) in [6.07, 6.45) is 0.565. The van der Waals surface area contributed by atoms with Crippen LogP contribution >= 0.6 is 0 Å². The molecule has 5 nitrogen and oxygen atoms in total. The van der Waals surface area contributed by atoms with Crippen LogP contribution in [0.3, 0.4) is 0 Å². The Morgan fingerprint density at radius 2 is 1.85 bits per heavy atom. The van der Waals surface area contributed by atoms with Gasteiger partial charge in [0, 0.05) is 12.0 Å². The van der Waals surface area contributed by atoms with Crippen molar-refractivity contribution >= 4 is 16.1 Å². The van der Waals surface area contributed by atoms with Crippen LogP contribution in [0.5, 0.6) is 0 Å². The lowest BCUT2D eigenvalue weighted by Crippen LogP contribution is -2.05. The fourth-order valence-corrected chi connectivity index (χ4v) is 2.84. The van der Waals surface area contributed by atoms with Crippen LogP contribution in [0, 0.1) is 11.3 Å². The highest BCUT2D eigenvalue weighted by molar-refractivity contribution is 7.91. The van der Waals surface area contributed by atoms with Gasteiger partial charge in [0.2, 0.25) is 0 Å². The van der Waals surface area contributed by atoms with Crippen molar-refractivity contribution in [2.24, 2.45) is 0 Å². The standard InChI is InChI=1S/C14H11NO4S/c15-8-1-9-20(17,18)13-5-2-11(3-6-13)14-7-4-12(10-16)19-14/h2-7,10H,1,9H2. The normalized spacial score (nSPS) is 10.9. The van der Waals surface area contributed by atoms with E-state index in [0.29, 0.717) is 17.6 Å². The first-order chi connectivity index (χ1) is 9.56. The number of hydrogen-bond donors (Lipinski definition) is 0. The number of sulfone groups is 1. The van der Waals surface area contributed by atoms with Crippen LogP contribution in [0.15, 0.2) is 45.7 Å². The molecule has 102 valence electrons. The van der Waals surface area contributed by atoms with Gasteiger partial charge in [-0.2, -0.15) is 5.26 Å². The van der Waals surface area contributed by atoms with Crippen molar-refractivity contribution in [1.29, 1.82) is 5.26 Å². The summed E-state index contributed by atoms with van der Waals surface area (Å²) in [7, 11) is -3.43. The van der Waals surface area contributed by atoms with Gasteiger partial charge in [-0.1, -0.05) is 0 Å². The topological polar surface area (TPSA) is 88.1 Å². The van der Waals surface area contributed by atoms with Crippen LogP contribution in [-0.4, -0.2) is 20.5 Å². The van der Waals surface area contributed by atoms with Gasteiger partial charge >= 0.3 is 0 Å². The minimum absolute atomic E-state index is 0.0367. The number of hydrogen-bond acceptors (Lipinski definition) is 5. The number of rotatable bonds is 5. The first-order valence-corrected chi connectivity index (χ1v) is 7.47. The van der Waals surface area contributed by atoms with Crippen molar-refractivity contribution in [3.63, 3.8) is 0 Å². The minimum atomic E-state index is -3.43. The molecule has 0 fully saturated rings. The molecule has 0 amide bonds. The smallest absolute Gasteiger partial charge is 0.185 e. The zero-order valence-electron chi connectivity index (χ0n) is 10.4. The van der Waals surface area contributed by atoms with Crippen molar-refractivity contribution in [3.8, 4) is 17.4 Å². The molecule has 6 heteroatoms. The van der Waals surface area contributed by atoms with Crippen LogP contribution in [0.4, 0.5) is 0 Å². The van der Waals surface area contributed by atoms with E-state index >= 15 is 0 Å². The van der Waals surface area contributed by atoms with Crippen molar-refractivity contribution in [2.45, 2.75) is 11.3 Å². The molecule has 0 bridgehead atoms. The lowest BCUT2D eigenvalue weighted by atomic mass is 10.2. The molecule has 2 rings (SSSR count). The molecule has 0 N–H and O–H groups in total. The second kappa shape index (κ2) is 5.72. The molecular weight excluding hydrogens is 278 g/mol. The third-order valence-electron chi connectivity index (χ3n) is 2.72. The lowest BCUT2D eigenvalue weighted by molar-refractivity contribution is 0.110. The van der Waals surface area contributed by atoms with E-state index in [2.05, 4.69) is 0 Å². The van der Waals surface area contributed by atoms with Crippen molar-refractivity contribution in [2.75, 3.05) is 5.75 Å². The average molecular weight is 289 g/mol. The van der Waals surface area contributed by atoms with Crippen LogP contribution in [0.2, 0.25) is 0 Å². The second-order valence-electron chi connectivity index (χ2n) is 4.07. The Morgan fingerprint density at radius 1 is 1.15 bits per heavy atom. The highest BCUT2D eigenvalue weighted by Crippen LogP contribution is 2.23. The highest BCUT2D eigenvalue weighted by atomic mass is 32.2. The Hall–Kier alpha value is -2.39. The quantitative estimate of drug-likeness (QED) is 0.789. The lowest BCUT2D eigenvalue weighted by Gasteiger charge is -2.03. The van der Waals surface area contributed by atoms with Crippen LogP contribution < -0.4 is 0 Å². The highest BCUT2D eigenvalue weighted by Gasteiger charge is 2.14. The number of benzene rings is 1. The molecule has 0 saturated carbocycles. The first-order valence-electron chi connectivity index (χ1n) is 5.82. The molecule has 0 radical (unpaired) electrons. The molecule has 0 atom stereocenters. The fraction of sp³-hybridized carbons (Fsp3) is 0.143. The van der Waals surface area contributed by atoms with Gasteiger partial charge in [-0.3, -0.25) is 4.79 Å². The Kier molecular flexibility index (Phi) is 4.01. The van der Waals surface area contributed by atoms with Gasteiger partial charge in [-0.05, 0) is 36.4 Å². The summed E-state index contributed by atoms with van der Waals surface area (Å²) in [5.41, 5.74) is 0.678. The van der Waals surface area contributed by atoms with Crippen molar-refractivity contribution in [1.82, 2.24) is 0 Å². The van der Waals surface area contributed by atoms with E-state index in [-0.39, 0.29) is 22.8 Å². The number of nitriles is 1. The summed E-state index contributed by atoms with van der Waals surface area (Å²) >= 11 is 0. The van der Waals surface area contributed by atoms with Gasteiger partial charge in [0.15, 0.2) is 21.9 Å². The first kappa shape index (κ1) is 14.0. The van der Waals surface area contributed by atoms with Gasteiger partial charge in [0.25, 0.3) is 0 Å². The molecule has 1 heterocycles. The Morgan fingerprint density at radius 3 is 2.40 bits per heavy atom. The van der Waals surface area contributed by atoms with E-state index in [4.69, 9.17) is 9.68 Å². The van der Waals surface area contributed by atoms with E-state index in [1.54, 1.807) is 24.3 Å². The predicted octanol–water partition coefficient (Wildman–Crippen LogP) is 2.45. The van der Waals surface area contributed by atoms with Crippen molar-refractivity contribution in [3.05, 3.63) is 42.2 Å². The number of nitrogens with zero attached hydrogens (tertiary/aromatic N) is 1. The second-order valence-corrected chi connectivity index (χ2v) is 6.18. The average Bonchev–Trinajstić information content (AvgIpc) is 2.94. The molecule has 0 unspecified atom stereocenters. The van der Waals surface area contributed by atoms with Gasteiger partial charge in [0.1, 0.15) is 5.76 Å². The van der Waals surface area contributed by atoms with Gasteiger partial charge < -0.3 is 4.42 Å². The SMILES string of the molecule is N#CCCS(=O)(=O)c1ccc(-c2ccc(C=O)o2)cc1. The maximum Gasteiger partial charge on any atom is 0.185 e. The molecule has 0 spiro atoms. The molecule has 0 aliphatic carbocycles. The third kappa shape index (κ3) is 2.95. The summed E-state index contributed by atoms with van der Waals surface area (Å²) in [6, 6.07) is 11.1. The number of carbonyl (C=O) groups is 1. The predicted molar refractivity (Wildman–Crippen MR) is 71.8 cm³/mol. The molecule has 2 aromatic rings. The zero-order valence-corrected chi connectivity index (χ0v) is 11.3. The van der Waals surface area contributed by atoms with Crippen LogP contribution in [0.1, 0.15) is 17.0 Å². The maximum absolute atomic E-state index is 11.9. The Bertz CT molecular complexity index is 751. The van der Waals surface area contributed by atoms with E-state index in [0.717, 1.165) is 0 Å². The fourth-order valence-electron chi connectivity index (χ4n) is 1.70. The Labute approximate surface area is 116 Å². The zero-order chi connectivity index (χ0) is 14.6.